The molecule has 6 nitrogen and oxygen atoms in total. The lowest BCUT2D eigenvalue weighted by atomic mass is 9.92. The summed E-state index contributed by atoms with van der Waals surface area (Å²) in [5, 5.41) is 12.1. The molecule has 6 heteroatoms. The van der Waals surface area contributed by atoms with Crippen LogP contribution >= 0.6 is 0 Å². The highest BCUT2D eigenvalue weighted by atomic mass is 16.1. The first-order chi connectivity index (χ1) is 14.9. The SMILES string of the molecule is CC(C)(C)c1cc(NC(=O)c2cnn(Cc3ccccc3)c2)n(Cc2ccccc2)n1. The number of carbonyl (C=O) groups excluding carboxylic acids is 1. The average molecular weight is 414 g/mol. The van der Waals surface area contributed by atoms with E-state index in [1.165, 1.54) is 0 Å². The van der Waals surface area contributed by atoms with Crippen molar-refractivity contribution in [3.8, 4) is 0 Å². The molecule has 0 radical (unpaired) electrons. The Balaban J connectivity index is 1.54. The predicted octanol–water partition coefficient (Wildman–Crippen LogP) is 4.73. The molecule has 4 rings (SSSR count). The molecule has 0 aliphatic carbocycles. The molecule has 2 aromatic carbocycles. The van der Waals surface area contributed by atoms with E-state index in [9.17, 15) is 4.79 Å². The van der Waals surface area contributed by atoms with Crippen LogP contribution in [0.5, 0.6) is 0 Å². The van der Waals surface area contributed by atoms with Crippen LogP contribution in [0.15, 0.2) is 79.1 Å². The van der Waals surface area contributed by atoms with Crippen LogP contribution in [0.4, 0.5) is 5.82 Å². The Kier molecular flexibility index (Phi) is 5.71. The Morgan fingerprint density at radius 2 is 1.55 bits per heavy atom. The molecule has 1 N–H and O–H groups in total. The molecule has 158 valence electrons. The second-order valence-corrected chi connectivity index (χ2v) is 8.67. The van der Waals surface area contributed by atoms with Crippen LogP contribution in [-0.4, -0.2) is 25.5 Å². The van der Waals surface area contributed by atoms with Gasteiger partial charge < -0.3 is 5.32 Å². The van der Waals surface area contributed by atoms with Crippen LogP contribution in [0, 0.1) is 0 Å². The molecule has 0 spiro atoms. The van der Waals surface area contributed by atoms with Crippen LogP contribution < -0.4 is 5.32 Å². The molecule has 0 atom stereocenters. The fourth-order valence-electron chi connectivity index (χ4n) is 3.29. The van der Waals surface area contributed by atoms with Crippen molar-refractivity contribution in [3.05, 3.63) is 102 Å². The third kappa shape index (κ3) is 5.09. The zero-order chi connectivity index (χ0) is 21.8. The smallest absolute Gasteiger partial charge is 0.259 e. The van der Waals surface area contributed by atoms with Gasteiger partial charge in [0.1, 0.15) is 5.82 Å². The van der Waals surface area contributed by atoms with Crippen molar-refractivity contribution in [2.45, 2.75) is 39.3 Å². The van der Waals surface area contributed by atoms with Gasteiger partial charge >= 0.3 is 0 Å². The van der Waals surface area contributed by atoms with Gasteiger partial charge in [-0.1, -0.05) is 81.4 Å². The third-order valence-electron chi connectivity index (χ3n) is 5.05. The van der Waals surface area contributed by atoms with Crippen molar-refractivity contribution in [3.63, 3.8) is 0 Å². The van der Waals surface area contributed by atoms with Crippen LogP contribution in [0.1, 0.15) is 48.0 Å². The number of rotatable bonds is 6. The average Bonchev–Trinajstić information content (AvgIpc) is 3.37. The second kappa shape index (κ2) is 8.60. The summed E-state index contributed by atoms with van der Waals surface area (Å²) in [6.07, 6.45) is 3.37. The maximum atomic E-state index is 12.9. The molecule has 0 saturated carbocycles. The summed E-state index contributed by atoms with van der Waals surface area (Å²) in [5.74, 6) is 0.476. The van der Waals surface area contributed by atoms with Gasteiger partial charge in [0, 0.05) is 17.7 Å². The third-order valence-corrected chi connectivity index (χ3v) is 5.05. The summed E-state index contributed by atoms with van der Waals surface area (Å²) in [7, 11) is 0. The largest absolute Gasteiger partial charge is 0.307 e. The van der Waals surface area contributed by atoms with Gasteiger partial charge in [-0.15, -0.1) is 0 Å². The Morgan fingerprint density at radius 3 is 2.16 bits per heavy atom. The zero-order valence-electron chi connectivity index (χ0n) is 18.1. The molecule has 2 heterocycles. The van der Waals surface area contributed by atoms with E-state index in [1.807, 2.05) is 59.3 Å². The van der Waals surface area contributed by atoms with E-state index >= 15 is 0 Å². The lowest BCUT2D eigenvalue weighted by molar-refractivity contribution is 0.102. The minimum absolute atomic E-state index is 0.123. The molecule has 0 aliphatic heterocycles. The van der Waals surface area contributed by atoms with Gasteiger partial charge in [-0.2, -0.15) is 10.2 Å². The second-order valence-electron chi connectivity index (χ2n) is 8.67. The zero-order valence-corrected chi connectivity index (χ0v) is 18.1. The first kappa shape index (κ1) is 20.6. The first-order valence-corrected chi connectivity index (χ1v) is 10.4. The molecule has 1 amide bonds. The highest BCUT2D eigenvalue weighted by molar-refractivity contribution is 6.03. The molecule has 4 aromatic rings. The predicted molar refractivity (Wildman–Crippen MR) is 122 cm³/mol. The van der Waals surface area contributed by atoms with Crippen LogP contribution in [0.3, 0.4) is 0 Å². The summed E-state index contributed by atoms with van der Waals surface area (Å²) >= 11 is 0. The standard InChI is InChI=1S/C25H27N5O/c1-25(2,3)22-14-23(30(28-22)17-20-12-8-5-9-13-20)27-24(31)21-15-26-29(18-21)16-19-10-6-4-7-11-19/h4-15,18H,16-17H2,1-3H3,(H,27,31). The number of hydrogen-bond donors (Lipinski definition) is 1. The van der Waals surface area contributed by atoms with Crippen molar-refractivity contribution in [1.82, 2.24) is 19.6 Å². The molecular formula is C25H27N5O. The summed E-state index contributed by atoms with van der Waals surface area (Å²) < 4.78 is 3.62. The summed E-state index contributed by atoms with van der Waals surface area (Å²) in [6.45, 7) is 7.54. The molecule has 0 bridgehead atoms. The van der Waals surface area contributed by atoms with Gasteiger partial charge in [0.25, 0.3) is 5.91 Å². The maximum absolute atomic E-state index is 12.9. The fourth-order valence-corrected chi connectivity index (χ4v) is 3.29. The number of aromatic nitrogens is 4. The van der Waals surface area contributed by atoms with Crippen LogP contribution in [0.2, 0.25) is 0 Å². The van der Waals surface area contributed by atoms with Crippen molar-refractivity contribution in [2.75, 3.05) is 5.32 Å². The molecule has 31 heavy (non-hydrogen) atoms. The number of amides is 1. The highest BCUT2D eigenvalue weighted by Crippen LogP contribution is 2.25. The quantitative estimate of drug-likeness (QED) is 0.497. The Labute approximate surface area is 182 Å². The lowest BCUT2D eigenvalue weighted by Crippen LogP contribution is -2.16. The minimum Gasteiger partial charge on any atom is -0.307 e. The number of nitrogens with zero attached hydrogens (tertiary/aromatic N) is 4. The van der Waals surface area contributed by atoms with E-state index in [0.717, 1.165) is 16.8 Å². The summed E-state index contributed by atoms with van der Waals surface area (Å²) in [4.78, 5) is 12.9. The monoisotopic (exact) mass is 413 g/mol. The molecular weight excluding hydrogens is 386 g/mol. The Hall–Kier alpha value is -3.67. The van der Waals surface area contributed by atoms with Crippen molar-refractivity contribution >= 4 is 11.7 Å². The molecule has 0 aliphatic rings. The first-order valence-electron chi connectivity index (χ1n) is 10.4. The van der Waals surface area contributed by atoms with E-state index in [0.29, 0.717) is 24.5 Å². The Morgan fingerprint density at radius 1 is 0.935 bits per heavy atom. The normalized spacial score (nSPS) is 11.5. The van der Waals surface area contributed by atoms with Gasteiger partial charge in [-0.3, -0.25) is 9.48 Å². The van der Waals surface area contributed by atoms with Gasteiger partial charge in [0.15, 0.2) is 0 Å². The Bertz CT molecular complexity index is 1150. The number of carbonyl (C=O) groups is 1. The lowest BCUT2D eigenvalue weighted by Gasteiger charge is -2.14. The summed E-state index contributed by atoms with van der Waals surface area (Å²) in [6, 6.07) is 22.1. The van der Waals surface area contributed by atoms with Crippen LogP contribution in [-0.2, 0) is 18.5 Å². The number of nitrogens with one attached hydrogen (secondary N) is 1. The van der Waals surface area contributed by atoms with Crippen molar-refractivity contribution < 1.29 is 4.79 Å². The molecule has 2 aromatic heterocycles. The molecule has 0 fully saturated rings. The van der Waals surface area contributed by atoms with E-state index in [4.69, 9.17) is 5.10 Å². The minimum atomic E-state index is -0.200. The maximum Gasteiger partial charge on any atom is 0.259 e. The van der Waals surface area contributed by atoms with E-state index in [1.54, 1.807) is 17.1 Å². The van der Waals surface area contributed by atoms with Crippen molar-refractivity contribution in [1.29, 1.82) is 0 Å². The van der Waals surface area contributed by atoms with E-state index < -0.39 is 0 Å². The van der Waals surface area contributed by atoms with Gasteiger partial charge in [-0.05, 0) is 11.1 Å². The number of hydrogen-bond acceptors (Lipinski definition) is 3. The van der Waals surface area contributed by atoms with Crippen LogP contribution in [0.25, 0.3) is 0 Å². The van der Waals surface area contributed by atoms with Crippen molar-refractivity contribution in [2.24, 2.45) is 0 Å². The topological polar surface area (TPSA) is 64.7 Å². The van der Waals surface area contributed by atoms with Gasteiger partial charge in [-0.25, -0.2) is 4.68 Å². The van der Waals surface area contributed by atoms with Gasteiger partial charge in [0.05, 0.1) is 30.5 Å². The van der Waals surface area contributed by atoms with E-state index in [2.05, 4.69) is 43.3 Å². The highest BCUT2D eigenvalue weighted by Gasteiger charge is 2.21. The molecule has 0 saturated heterocycles. The number of anilines is 1. The van der Waals surface area contributed by atoms with Gasteiger partial charge in [0.2, 0.25) is 0 Å². The molecule has 0 unspecified atom stereocenters. The summed E-state index contributed by atoms with van der Waals surface area (Å²) in [5.41, 5.74) is 3.58. The number of benzene rings is 2. The van der Waals surface area contributed by atoms with E-state index in [-0.39, 0.29) is 11.3 Å². The fraction of sp³-hybridized carbons (Fsp3) is 0.240.